The van der Waals surface area contributed by atoms with Gasteiger partial charge in [0, 0.05) is 0 Å². The maximum Gasteiger partial charge on any atom is 0.184 e. The van der Waals surface area contributed by atoms with Gasteiger partial charge in [0.1, 0.15) is 11.5 Å². The van der Waals surface area contributed by atoms with Gasteiger partial charge in [0.25, 0.3) is 0 Å². The van der Waals surface area contributed by atoms with E-state index >= 15 is 0 Å². The number of alkyl halides is 1. The van der Waals surface area contributed by atoms with Crippen LogP contribution in [0.5, 0.6) is 11.5 Å². The average molecular weight is 257 g/mol. The van der Waals surface area contributed by atoms with Gasteiger partial charge in [-0.05, 0) is 39.0 Å². The maximum atomic E-state index is 11.9. The maximum absolute atomic E-state index is 11.9. The van der Waals surface area contributed by atoms with Crippen LogP contribution < -0.4 is 9.47 Å². The zero-order valence-corrected chi connectivity index (χ0v) is 11.2. The Morgan fingerprint density at radius 3 is 2.41 bits per heavy atom. The standard InChI is InChI=1S/C13H17ClO3/c1-8(2)17-10-5-6-12(16-4)11(7-10)13(15)9(3)14/h5-9H,1-4H3. The molecule has 17 heavy (non-hydrogen) atoms. The van der Waals surface area contributed by atoms with Crippen LogP contribution >= 0.6 is 11.6 Å². The molecule has 1 aromatic carbocycles. The highest BCUT2D eigenvalue weighted by Gasteiger charge is 2.18. The molecule has 1 rings (SSSR count). The van der Waals surface area contributed by atoms with Crippen LogP contribution in [0.25, 0.3) is 0 Å². The van der Waals surface area contributed by atoms with Gasteiger partial charge >= 0.3 is 0 Å². The minimum atomic E-state index is -0.585. The van der Waals surface area contributed by atoms with Crippen LogP contribution in [-0.2, 0) is 0 Å². The van der Waals surface area contributed by atoms with Crippen molar-refractivity contribution < 1.29 is 14.3 Å². The molecule has 0 aliphatic carbocycles. The Morgan fingerprint density at radius 1 is 1.29 bits per heavy atom. The summed E-state index contributed by atoms with van der Waals surface area (Å²) in [5.41, 5.74) is 0.452. The van der Waals surface area contributed by atoms with E-state index in [1.807, 2.05) is 13.8 Å². The van der Waals surface area contributed by atoms with E-state index in [1.165, 1.54) is 7.11 Å². The summed E-state index contributed by atoms with van der Waals surface area (Å²) in [5, 5.41) is -0.585. The molecule has 0 saturated heterocycles. The third kappa shape index (κ3) is 3.63. The lowest BCUT2D eigenvalue weighted by Crippen LogP contribution is -2.13. The number of ether oxygens (including phenoxy) is 2. The first-order valence-corrected chi connectivity index (χ1v) is 5.92. The summed E-state index contributed by atoms with van der Waals surface area (Å²) in [6.07, 6.45) is 0.0553. The van der Waals surface area contributed by atoms with E-state index < -0.39 is 5.38 Å². The highest BCUT2D eigenvalue weighted by molar-refractivity contribution is 6.34. The van der Waals surface area contributed by atoms with Crippen LogP contribution in [0.15, 0.2) is 18.2 Å². The Hall–Kier alpha value is -1.22. The molecule has 4 heteroatoms. The lowest BCUT2D eigenvalue weighted by molar-refractivity contribution is 0.0988. The number of carbonyl (C=O) groups excluding carboxylic acids is 1. The zero-order valence-electron chi connectivity index (χ0n) is 10.5. The fourth-order valence-corrected chi connectivity index (χ4v) is 1.56. The Kier molecular flexibility index (Phi) is 4.82. The lowest BCUT2D eigenvalue weighted by Gasteiger charge is -2.13. The second kappa shape index (κ2) is 5.92. The van der Waals surface area contributed by atoms with Crippen LogP contribution in [0, 0.1) is 0 Å². The highest BCUT2D eigenvalue weighted by Crippen LogP contribution is 2.26. The van der Waals surface area contributed by atoms with E-state index in [1.54, 1.807) is 25.1 Å². The number of carbonyl (C=O) groups is 1. The molecule has 0 amide bonds. The molecular weight excluding hydrogens is 240 g/mol. The number of benzene rings is 1. The molecule has 0 aliphatic rings. The van der Waals surface area contributed by atoms with Crippen LogP contribution in [0.1, 0.15) is 31.1 Å². The van der Waals surface area contributed by atoms with Crippen molar-refractivity contribution in [3.05, 3.63) is 23.8 Å². The molecule has 1 unspecified atom stereocenters. The Bertz CT molecular complexity index is 400. The number of ketones is 1. The number of Topliss-reactive ketones (excluding diaryl/α,β-unsaturated/α-hetero) is 1. The third-order valence-corrected chi connectivity index (χ3v) is 2.37. The Balaban J connectivity index is 3.10. The van der Waals surface area contributed by atoms with Crippen molar-refractivity contribution in [1.29, 1.82) is 0 Å². The summed E-state index contributed by atoms with van der Waals surface area (Å²) in [6, 6.07) is 5.15. The van der Waals surface area contributed by atoms with Crippen LogP contribution in [-0.4, -0.2) is 24.4 Å². The van der Waals surface area contributed by atoms with Gasteiger partial charge in [-0.15, -0.1) is 11.6 Å². The van der Waals surface area contributed by atoms with Crippen molar-refractivity contribution in [2.45, 2.75) is 32.3 Å². The molecule has 1 atom stereocenters. The van der Waals surface area contributed by atoms with Crippen molar-refractivity contribution in [2.24, 2.45) is 0 Å². The molecule has 0 saturated carbocycles. The predicted octanol–water partition coefficient (Wildman–Crippen LogP) is 3.29. The molecule has 0 aliphatic heterocycles. The fraction of sp³-hybridized carbons (Fsp3) is 0.462. The minimum absolute atomic E-state index is 0.0553. The van der Waals surface area contributed by atoms with Crippen LogP contribution in [0.4, 0.5) is 0 Å². The number of hydrogen-bond acceptors (Lipinski definition) is 3. The van der Waals surface area contributed by atoms with Gasteiger partial charge in [0.15, 0.2) is 5.78 Å². The Labute approximate surface area is 107 Å². The molecule has 0 heterocycles. The molecule has 0 N–H and O–H groups in total. The summed E-state index contributed by atoms with van der Waals surface area (Å²) in [4.78, 5) is 11.9. The Morgan fingerprint density at radius 2 is 1.94 bits per heavy atom. The van der Waals surface area contributed by atoms with Gasteiger partial charge in [-0.25, -0.2) is 0 Å². The lowest BCUT2D eigenvalue weighted by atomic mass is 10.1. The van der Waals surface area contributed by atoms with E-state index in [0.29, 0.717) is 17.1 Å². The molecule has 0 spiro atoms. The molecule has 94 valence electrons. The van der Waals surface area contributed by atoms with Crippen molar-refractivity contribution in [2.75, 3.05) is 7.11 Å². The minimum Gasteiger partial charge on any atom is -0.496 e. The average Bonchev–Trinajstić information content (AvgIpc) is 2.27. The van der Waals surface area contributed by atoms with E-state index in [9.17, 15) is 4.79 Å². The topological polar surface area (TPSA) is 35.5 Å². The second-order valence-electron chi connectivity index (χ2n) is 4.01. The number of hydrogen-bond donors (Lipinski definition) is 0. The molecule has 0 bridgehead atoms. The smallest absolute Gasteiger partial charge is 0.184 e. The van der Waals surface area contributed by atoms with Gasteiger partial charge in [-0.1, -0.05) is 0 Å². The first-order chi connectivity index (χ1) is 7.95. The summed E-state index contributed by atoms with van der Waals surface area (Å²) in [6.45, 7) is 5.49. The number of methoxy groups -OCH3 is 1. The van der Waals surface area contributed by atoms with E-state index in [0.717, 1.165) is 0 Å². The molecule has 3 nitrogen and oxygen atoms in total. The zero-order chi connectivity index (χ0) is 13.0. The molecular formula is C13H17ClO3. The first-order valence-electron chi connectivity index (χ1n) is 5.48. The van der Waals surface area contributed by atoms with Crippen molar-refractivity contribution in [1.82, 2.24) is 0 Å². The fourth-order valence-electron chi connectivity index (χ4n) is 1.44. The second-order valence-corrected chi connectivity index (χ2v) is 4.66. The van der Waals surface area contributed by atoms with Gasteiger partial charge < -0.3 is 9.47 Å². The summed E-state index contributed by atoms with van der Waals surface area (Å²) < 4.78 is 10.7. The SMILES string of the molecule is COc1ccc(OC(C)C)cc1C(=O)C(C)Cl. The molecule has 0 aromatic heterocycles. The highest BCUT2D eigenvalue weighted by atomic mass is 35.5. The first kappa shape index (κ1) is 13.8. The van der Waals surface area contributed by atoms with Crippen molar-refractivity contribution in [3.63, 3.8) is 0 Å². The number of halogens is 1. The van der Waals surface area contributed by atoms with Crippen molar-refractivity contribution in [3.8, 4) is 11.5 Å². The van der Waals surface area contributed by atoms with E-state index in [4.69, 9.17) is 21.1 Å². The van der Waals surface area contributed by atoms with Crippen LogP contribution in [0.2, 0.25) is 0 Å². The monoisotopic (exact) mass is 256 g/mol. The molecule has 0 radical (unpaired) electrons. The quantitative estimate of drug-likeness (QED) is 0.599. The summed E-state index contributed by atoms with van der Waals surface area (Å²) in [5.74, 6) is 0.984. The van der Waals surface area contributed by atoms with E-state index in [-0.39, 0.29) is 11.9 Å². The molecule has 1 aromatic rings. The van der Waals surface area contributed by atoms with Crippen LogP contribution in [0.3, 0.4) is 0 Å². The normalized spacial score (nSPS) is 12.4. The van der Waals surface area contributed by atoms with Crippen molar-refractivity contribution >= 4 is 17.4 Å². The summed E-state index contributed by atoms with van der Waals surface area (Å²) >= 11 is 5.80. The van der Waals surface area contributed by atoms with Gasteiger partial charge in [-0.3, -0.25) is 4.79 Å². The predicted molar refractivity (Wildman–Crippen MR) is 68.4 cm³/mol. The largest absolute Gasteiger partial charge is 0.496 e. The van der Waals surface area contributed by atoms with Gasteiger partial charge in [-0.2, -0.15) is 0 Å². The third-order valence-electron chi connectivity index (χ3n) is 2.17. The van der Waals surface area contributed by atoms with Gasteiger partial charge in [0.2, 0.25) is 0 Å². The van der Waals surface area contributed by atoms with Gasteiger partial charge in [0.05, 0.1) is 24.2 Å². The van der Waals surface area contributed by atoms with E-state index in [2.05, 4.69) is 0 Å². The molecule has 0 fully saturated rings. The number of rotatable bonds is 5. The summed E-state index contributed by atoms with van der Waals surface area (Å²) in [7, 11) is 1.52.